The highest BCUT2D eigenvalue weighted by Crippen LogP contribution is 1.99. The molecule has 0 saturated heterocycles. The number of carboxylic acid groups (broad SMARTS) is 1. The second-order valence-corrected chi connectivity index (χ2v) is 1.68. The van der Waals surface area contributed by atoms with Gasteiger partial charge in [0, 0.05) is 0 Å². The van der Waals surface area contributed by atoms with Gasteiger partial charge in [-0.05, 0) is 12.5 Å². The lowest BCUT2D eigenvalue weighted by molar-refractivity contribution is -0.135. The second-order valence-electron chi connectivity index (χ2n) is 1.68. The average Bonchev–Trinajstić information content (AvgIpc) is 1.97. The van der Waals surface area contributed by atoms with Crippen LogP contribution < -0.4 is 0 Å². The van der Waals surface area contributed by atoms with Gasteiger partial charge in [0.1, 0.15) is 0 Å². The van der Waals surface area contributed by atoms with E-state index in [1.807, 2.05) is 0 Å². The van der Waals surface area contributed by atoms with E-state index in [0.29, 0.717) is 6.42 Å². The van der Waals surface area contributed by atoms with Crippen LogP contribution in [0.1, 0.15) is 6.42 Å². The third-order valence-corrected chi connectivity index (χ3v) is 0.891. The highest BCUT2D eigenvalue weighted by Gasteiger charge is 2.04. The van der Waals surface area contributed by atoms with Gasteiger partial charge in [-0.2, -0.15) is 0 Å². The number of carbonyl (C=O) groups is 1. The van der Waals surface area contributed by atoms with Crippen LogP contribution in [0.2, 0.25) is 0 Å². The lowest BCUT2D eigenvalue weighted by Crippen LogP contribution is -2.01. The van der Waals surface area contributed by atoms with Crippen molar-refractivity contribution in [3.8, 4) is 0 Å². The van der Waals surface area contributed by atoms with E-state index in [9.17, 15) is 4.79 Å². The minimum Gasteiger partial charge on any atom is -0.475 e. The lowest BCUT2D eigenvalue weighted by Gasteiger charge is -1.97. The van der Waals surface area contributed by atoms with Crippen LogP contribution in [-0.2, 0) is 9.53 Å². The van der Waals surface area contributed by atoms with Crippen molar-refractivity contribution in [2.45, 2.75) is 6.42 Å². The normalized spacial score (nSPS) is 10.4. The van der Waals surface area contributed by atoms with Crippen LogP contribution >= 0.6 is 0 Å². The minimum atomic E-state index is -1.10. The number of ether oxygens (including phenoxy) is 1. The Kier molecular flexibility index (Phi) is 4.56. The molecule has 1 N–H and O–H groups in total. The maximum atomic E-state index is 10.3. The SMILES string of the molecule is C=CC/C=C(\OC=C)C(=O)O. The first-order valence-electron chi connectivity index (χ1n) is 3.04. The fraction of sp³-hybridized carbons (Fsp3) is 0.125. The summed E-state index contributed by atoms with van der Waals surface area (Å²) in [5, 5.41) is 8.46. The first kappa shape index (κ1) is 9.49. The number of allylic oxidation sites excluding steroid dienone is 2. The van der Waals surface area contributed by atoms with Crippen molar-refractivity contribution in [3.05, 3.63) is 37.3 Å². The van der Waals surface area contributed by atoms with Crippen molar-refractivity contribution in [1.29, 1.82) is 0 Å². The molecule has 0 aliphatic rings. The zero-order valence-corrected chi connectivity index (χ0v) is 6.12. The summed E-state index contributed by atoms with van der Waals surface area (Å²) in [4.78, 5) is 10.3. The Labute approximate surface area is 65.3 Å². The van der Waals surface area contributed by atoms with Crippen LogP contribution in [0, 0.1) is 0 Å². The number of hydrogen-bond donors (Lipinski definition) is 1. The van der Waals surface area contributed by atoms with E-state index in [1.54, 1.807) is 6.08 Å². The summed E-state index contributed by atoms with van der Waals surface area (Å²) in [7, 11) is 0. The van der Waals surface area contributed by atoms with Gasteiger partial charge in [-0.1, -0.05) is 12.7 Å². The number of aliphatic carboxylic acids is 1. The van der Waals surface area contributed by atoms with Crippen LogP contribution in [0.15, 0.2) is 37.3 Å². The summed E-state index contributed by atoms with van der Waals surface area (Å²) in [6, 6.07) is 0. The quantitative estimate of drug-likeness (QED) is 0.372. The van der Waals surface area contributed by atoms with E-state index in [-0.39, 0.29) is 5.76 Å². The summed E-state index contributed by atoms with van der Waals surface area (Å²) >= 11 is 0. The maximum absolute atomic E-state index is 10.3. The van der Waals surface area contributed by atoms with Gasteiger partial charge in [0.2, 0.25) is 5.76 Å². The molecule has 0 aromatic carbocycles. The smallest absolute Gasteiger partial charge is 0.371 e. The lowest BCUT2D eigenvalue weighted by atomic mass is 10.3. The third-order valence-electron chi connectivity index (χ3n) is 0.891. The van der Waals surface area contributed by atoms with Gasteiger partial charge in [-0.3, -0.25) is 0 Å². The Morgan fingerprint density at radius 1 is 1.55 bits per heavy atom. The number of rotatable bonds is 5. The Morgan fingerprint density at radius 3 is 2.55 bits per heavy atom. The molecular weight excluding hydrogens is 144 g/mol. The van der Waals surface area contributed by atoms with Crippen LogP contribution in [0.25, 0.3) is 0 Å². The van der Waals surface area contributed by atoms with E-state index in [2.05, 4.69) is 17.9 Å². The molecule has 0 bridgehead atoms. The summed E-state index contributed by atoms with van der Waals surface area (Å²) in [5.74, 6) is -1.23. The van der Waals surface area contributed by atoms with E-state index in [4.69, 9.17) is 5.11 Å². The maximum Gasteiger partial charge on any atom is 0.371 e. The highest BCUT2D eigenvalue weighted by atomic mass is 16.5. The molecular formula is C8H10O3. The summed E-state index contributed by atoms with van der Waals surface area (Å²) in [6.45, 7) is 6.67. The summed E-state index contributed by atoms with van der Waals surface area (Å²) < 4.78 is 4.58. The van der Waals surface area contributed by atoms with Crippen molar-refractivity contribution >= 4 is 5.97 Å². The highest BCUT2D eigenvalue weighted by molar-refractivity contribution is 5.84. The van der Waals surface area contributed by atoms with Crippen LogP contribution in [0.5, 0.6) is 0 Å². The van der Waals surface area contributed by atoms with E-state index in [0.717, 1.165) is 6.26 Å². The monoisotopic (exact) mass is 154 g/mol. The number of hydrogen-bond acceptors (Lipinski definition) is 2. The van der Waals surface area contributed by atoms with Gasteiger partial charge in [0.15, 0.2) is 0 Å². The van der Waals surface area contributed by atoms with E-state index in [1.165, 1.54) is 6.08 Å². The van der Waals surface area contributed by atoms with Crippen LogP contribution in [0.3, 0.4) is 0 Å². The predicted octanol–water partition coefficient (Wildman–Crippen LogP) is 1.69. The molecule has 3 heteroatoms. The third kappa shape index (κ3) is 3.97. The first-order valence-corrected chi connectivity index (χ1v) is 3.04. The molecule has 0 rings (SSSR count). The Morgan fingerprint density at radius 2 is 2.18 bits per heavy atom. The van der Waals surface area contributed by atoms with Crippen LogP contribution in [-0.4, -0.2) is 11.1 Å². The molecule has 0 aliphatic carbocycles. The van der Waals surface area contributed by atoms with Crippen molar-refractivity contribution in [2.75, 3.05) is 0 Å². The van der Waals surface area contributed by atoms with Crippen LogP contribution in [0.4, 0.5) is 0 Å². The van der Waals surface area contributed by atoms with Crippen molar-refractivity contribution < 1.29 is 14.6 Å². The molecule has 0 radical (unpaired) electrons. The molecule has 0 aromatic rings. The van der Waals surface area contributed by atoms with Crippen molar-refractivity contribution in [1.82, 2.24) is 0 Å². The van der Waals surface area contributed by atoms with Gasteiger partial charge in [0.25, 0.3) is 0 Å². The summed E-state index contributed by atoms with van der Waals surface area (Å²) in [5.41, 5.74) is 0. The summed E-state index contributed by atoms with van der Waals surface area (Å²) in [6.07, 6.45) is 4.53. The molecule has 0 aliphatic heterocycles. The van der Waals surface area contributed by atoms with Gasteiger partial charge in [0.05, 0.1) is 6.26 Å². The molecule has 11 heavy (non-hydrogen) atoms. The molecule has 0 spiro atoms. The van der Waals surface area contributed by atoms with Gasteiger partial charge >= 0.3 is 5.97 Å². The number of carboxylic acids is 1. The van der Waals surface area contributed by atoms with Gasteiger partial charge in [-0.25, -0.2) is 4.79 Å². The molecule has 3 nitrogen and oxygen atoms in total. The van der Waals surface area contributed by atoms with Crippen molar-refractivity contribution in [2.24, 2.45) is 0 Å². The molecule has 60 valence electrons. The predicted molar refractivity (Wildman–Crippen MR) is 41.8 cm³/mol. The molecule has 0 aromatic heterocycles. The second kappa shape index (κ2) is 5.29. The molecule has 0 amide bonds. The minimum absolute atomic E-state index is 0.125. The molecule has 0 atom stereocenters. The first-order chi connectivity index (χ1) is 5.22. The van der Waals surface area contributed by atoms with E-state index >= 15 is 0 Å². The van der Waals surface area contributed by atoms with Gasteiger partial charge < -0.3 is 9.84 Å². The molecule has 0 saturated carbocycles. The topological polar surface area (TPSA) is 46.5 Å². The van der Waals surface area contributed by atoms with Crippen molar-refractivity contribution in [3.63, 3.8) is 0 Å². The average molecular weight is 154 g/mol. The Balaban J connectivity index is 4.18. The zero-order chi connectivity index (χ0) is 8.69. The fourth-order valence-corrected chi connectivity index (χ4v) is 0.466. The van der Waals surface area contributed by atoms with E-state index < -0.39 is 5.97 Å². The fourth-order valence-electron chi connectivity index (χ4n) is 0.466. The Bertz CT molecular complexity index is 192. The largest absolute Gasteiger partial charge is 0.475 e. The molecule has 0 fully saturated rings. The van der Waals surface area contributed by atoms with Gasteiger partial charge in [-0.15, -0.1) is 6.58 Å². The zero-order valence-electron chi connectivity index (χ0n) is 6.12. The molecule has 0 heterocycles. The Hall–Kier alpha value is -1.51. The standard InChI is InChI=1S/C8H10O3/c1-3-5-6-7(8(9)10)11-4-2/h3-4,6H,1-2,5H2,(H,9,10)/b7-6-. The molecule has 0 unspecified atom stereocenters.